The predicted molar refractivity (Wildman–Crippen MR) is 61.8 cm³/mol. The summed E-state index contributed by atoms with van der Waals surface area (Å²) < 4.78 is 5.55. The van der Waals surface area contributed by atoms with Gasteiger partial charge in [-0.25, -0.2) is 0 Å². The quantitative estimate of drug-likeness (QED) is 0.708. The van der Waals surface area contributed by atoms with Crippen LogP contribution >= 0.6 is 23.2 Å². The molecule has 0 bridgehead atoms. The molecule has 0 aliphatic heterocycles. The molecule has 0 spiro atoms. The van der Waals surface area contributed by atoms with Crippen molar-refractivity contribution >= 4 is 29.3 Å². The summed E-state index contributed by atoms with van der Waals surface area (Å²) in [5.41, 5.74) is 0.941. The molecule has 0 amide bonds. The average Bonchev–Trinajstić information content (AvgIpc) is 2.16. The third kappa shape index (κ3) is 3.86. The van der Waals surface area contributed by atoms with E-state index < -0.39 is 0 Å². The summed E-state index contributed by atoms with van der Waals surface area (Å²) in [6.07, 6.45) is 3.36. The fourth-order valence-corrected chi connectivity index (χ4v) is 1.19. The zero-order valence-electron chi connectivity index (χ0n) is 7.54. The van der Waals surface area contributed by atoms with Crippen molar-refractivity contribution in [3.05, 3.63) is 47.0 Å². The number of benzene rings is 1. The minimum absolute atomic E-state index is 0.241. The molecule has 74 valence electrons. The Morgan fingerprint density at radius 1 is 1.29 bits per heavy atom. The summed E-state index contributed by atoms with van der Waals surface area (Å²) in [5, 5.41) is 0. The average molecular weight is 229 g/mol. The molecule has 1 aromatic carbocycles. The molecule has 1 rings (SSSR count). The largest absolute Gasteiger partial charge is 0.490 e. The van der Waals surface area contributed by atoms with Gasteiger partial charge >= 0.3 is 0 Å². The van der Waals surface area contributed by atoms with E-state index in [0.717, 1.165) is 11.3 Å². The minimum Gasteiger partial charge on any atom is -0.490 e. The standard InChI is InChI=1S/C11H10Cl2O/c1-2-7-14-10-5-3-9(4-6-10)8-11(12)13/h2-6,8H,1,7H2. The molecule has 1 nitrogen and oxygen atoms in total. The molecule has 0 aromatic heterocycles. The predicted octanol–water partition coefficient (Wildman–Crippen LogP) is 4.03. The molecule has 0 aliphatic rings. The van der Waals surface area contributed by atoms with Crippen LogP contribution in [0.4, 0.5) is 0 Å². The Morgan fingerprint density at radius 3 is 2.43 bits per heavy atom. The molecule has 0 saturated carbocycles. The van der Waals surface area contributed by atoms with Gasteiger partial charge in [0.25, 0.3) is 0 Å². The summed E-state index contributed by atoms with van der Waals surface area (Å²) >= 11 is 11.0. The smallest absolute Gasteiger partial charge is 0.119 e. The van der Waals surface area contributed by atoms with E-state index in [4.69, 9.17) is 27.9 Å². The lowest BCUT2D eigenvalue weighted by Gasteiger charge is -2.02. The van der Waals surface area contributed by atoms with E-state index in [9.17, 15) is 0 Å². The van der Waals surface area contributed by atoms with Crippen molar-refractivity contribution < 1.29 is 4.74 Å². The Bertz CT molecular complexity index is 324. The zero-order valence-corrected chi connectivity index (χ0v) is 9.05. The molecule has 0 unspecified atom stereocenters. The van der Waals surface area contributed by atoms with E-state index in [-0.39, 0.29) is 4.49 Å². The van der Waals surface area contributed by atoms with Gasteiger partial charge in [-0.2, -0.15) is 0 Å². The van der Waals surface area contributed by atoms with Crippen LogP contribution in [0, 0.1) is 0 Å². The Balaban J connectivity index is 2.68. The molecule has 0 atom stereocenters. The van der Waals surface area contributed by atoms with Gasteiger partial charge in [-0.3, -0.25) is 0 Å². The van der Waals surface area contributed by atoms with Gasteiger partial charge in [-0.1, -0.05) is 48.0 Å². The van der Waals surface area contributed by atoms with Crippen molar-refractivity contribution in [1.29, 1.82) is 0 Å². The third-order valence-electron chi connectivity index (χ3n) is 1.52. The maximum atomic E-state index is 5.52. The molecule has 0 aliphatic carbocycles. The highest BCUT2D eigenvalue weighted by molar-refractivity contribution is 6.57. The first kappa shape index (κ1) is 11.2. The van der Waals surface area contributed by atoms with E-state index >= 15 is 0 Å². The van der Waals surface area contributed by atoms with Gasteiger partial charge in [-0.15, -0.1) is 0 Å². The van der Waals surface area contributed by atoms with Gasteiger partial charge in [0.15, 0.2) is 0 Å². The molecule has 0 fully saturated rings. The number of ether oxygens (including phenoxy) is 1. The highest BCUT2D eigenvalue weighted by Crippen LogP contribution is 2.17. The molecule has 0 radical (unpaired) electrons. The number of hydrogen-bond donors (Lipinski definition) is 0. The molecule has 0 N–H and O–H groups in total. The second kappa shape index (κ2) is 5.74. The summed E-state index contributed by atoms with van der Waals surface area (Å²) in [6.45, 7) is 4.07. The minimum atomic E-state index is 0.241. The van der Waals surface area contributed by atoms with Crippen LogP contribution in [0.15, 0.2) is 41.4 Å². The Hall–Kier alpha value is -0.920. The normalized spacial score (nSPS) is 9.29. The SMILES string of the molecule is C=CCOc1ccc(C=C(Cl)Cl)cc1. The van der Waals surface area contributed by atoms with Gasteiger partial charge in [0.2, 0.25) is 0 Å². The monoisotopic (exact) mass is 228 g/mol. The highest BCUT2D eigenvalue weighted by Gasteiger charge is 1.93. The van der Waals surface area contributed by atoms with Crippen molar-refractivity contribution in [1.82, 2.24) is 0 Å². The lowest BCUT2D eigenvalue weighted by molar-refractivity contribution is 0.363. The van der Waals surface area contributed by atoms with Crippen LogP contribution in [0.5, 0.6) is 5.75 Å². The first-order chi connectivity index (χ1) is 6.72. The van der Waals surface area contributed by atoms with E-state index in [1.165, 1.54) is 0 Å². The molecule has 0 heterocycles. The van der Waals surface area contributed by atoms with E-state index in [1.807, 2.05) is 24.3 Å². The molecule has 3 heteroatoms. The van der Waals surface area contributed by atoms with Crippen molar-refractivity contribution in [3.8, 4) is 5.75 Å². The summed E-state index contributed by atoms with van der Waals surface area (Å²) in [4.78, 5) is 0. The second-order valence-electron chi connectivity index (χ2n) is 2.60. The zero-order chi connectivity index (χ0) is 10.4. The second-order valence-corrected chi connectivity index (χ2v) is 3.61. The molecular weight excluding hydrogens is 219 g/mol. The van der Waals surface area contributed by atoms with Crippen LogP contribution < -0.4 is 4.74 Å². The van der Waals surface area contributed by atoms with Crippen LogP contribution in [-0.4, -0.2) is 6.61 Å². The summed E-state index contributed by atoms with van der Waals surface area (Å²) in [7, 11) is 0. The van der Waals surface area contributed by atoms with Crippen molar-refractivity contribution in [2.75, 3.05) is 6.61 Å². The van der Waals surface area contributed by atoms with Gasteiger partial charge < -0.3 is 4.74 Å². The third-order valence-corrected chi connectivity index (χ3v) is 1.74. The molecular formula is C11H10Cl2O. The molecule has 14 heavy (non-hydrogen) atoms. The molecule has 1 aromatic rings. The van der Waals surface area contributed by atoms with E-state index in [1.54, 1.807) is 12.2 Å². The van der Waals surface area contributed by atoms with Crippen LogP contribution in [-0.2, 0) is 0 Å². The van der Waals surface area contributed by atoms with Crippen LogP contribution in [0.3, 0.4) is 0 Å². The first-order valence-electron chi connectivity index (χ1n) is 4.09. The maximum Gasteiger partial charge on any atom is 0.119 e. The van der Waals surface area contributed by atoms with Crippen molar-refractivity contribution in [2.24, 2.45) is 0 Å². The maximum absolute atomic E-state index is 5.52. The van der Waals surface area contributed by atoms with E-state index in [0.29, 0.717) is 6.61 Å². The van der Waals surface area contributed by atoms with Gasteiger partial charge in [0.05, 0.1) is 0 Å². The van der Waals surface area contributed by atoms with Crippen LogP contribution in [0.25, 0.3) is 6.08 Å². The van der Waals surface area contributed by atoms with Crippen molar-refractivity contribution in [2.45, 2.75) is 0 Å². The highest BCUT2D eigenvalue weighted by atomic mass is 35.5. The lowest BCUT2D eigenvalue weighted by atomic mass is 10.2. The number of rotatable bonds is 4. The fourth-order valence-electron chi connectivity index (χ4n) is 0.941. The van der Waals surface area contributed by atoms with Gasteiger partial charge in [0, 0.05) is 0 Å². The fraction of sp³-hybridized carbons (Fsp3) is 0.0909. The Labute approximate surface area is 93.6 Å². The lowest BCUT2D eigenvalue weighted by Crippen LogP contribution is -1.91. The van der Waals surface area contributed by atoms with Gasteiger partial charge in [0.1, 0.15) is 16.8 Å². The number of hydrogen-bond acceptors (Lipinski definition) is 1. The number of halogens is 2. The van der Waals surface area contributed by atoms with Crippen molar-refractivity contribution in [3.63, 3.8) is 0 Å². The van der Waals surface area contributed by atoms with Crippen LogP contribution in [0.1, 0.15) is 5.56 Å². The first-order valence-corrected chi connectivity index (χ1v) is 4.84. The summed E-state index contributed by atoms with van der Waals surface area (Å²) in [6, 6.07) is 7.46. The molecule has 0 saturated heterocycles. The van der Waals surface area contributed by atoms with Crippen LogP contribution in [0.2, 0.25) is 0 Å². The Morgan fingerprint density at radius 2 is 1.93 bits per heavy atom. The summed E-state index contributed by atoms with van der Waals surface area (Å²) in [5.74, 6) is 0.799. The topological polar surface area (TPSA) is 9.23 Å². The van der Waals surface area contributed by atoms with E-state index in [2.05, 4.69) is 6.58 Å². The van der Waals surface area contributed by atoms with Gasteiger partial charge in [-0.05, 0) is 23.8 Å². The Kier molecular flexibility index (Phi) is 4.57.